The highest BCUT2D eigenvalue weighted by Gasteiger charge is 2.15. The molecule has 136 valence electrons. The first-order chi connectivity index (χ1) is 13.1. The van der Waals surface area contributed by atoms with Crippen molar-refractivity contribution in [1.82, 2.24) is 4.98 Å². The van der Waals surface area contributed by atoms with Crippen molar-refractivity contribution >= 4 is 28.0 Å². The van der Waals surface area contributed by atoms with Gasteiger partial charge < -0.3 is 10.2 Å². The molecule has 1 aliphatic heterocycles. The van der Waals surface area contributed by atoms with Crippen LogP contribution in [0.3, 0.4) is 0 Å². The maximum Gasteiger partial charge on any atom is 0.295 e. The predicted octanol–water partition coefficient (Wildman–Crippen LogP) is 4.44. The fourth-order valence-electron chi connectivity index (χ4n) is 3.37. The molecule has 0 radical (unpaired) electrons. The van der Waals surface area contributed by atoms with E-state index >= 15 is 0 Å². The molecule has 0 saturated carbocycles. The fourth-order valence-corrected chi connectivity index (χ4v) is 3.37. The molecule has 0 fully saturated rings. The molecule has 6 nitrogen and oxygen atoms in total. The molecule has 0 saturated heterocycles. The van der Waals surface area contributed by atoms with Gasteiger partial charge in [-0.3, -0.25) is 10.1 Å². The van der Waals surface area contributed by atoms with Crippen LogP contribution in [0.1, 0.15) is 11.3 Å². The first-order valence-corrected chi connectivity index (χ1v) is 8.89. The van der Waals surface area contributed by atoms with Gasteiger partial charge in [-0.15, -0.1) is 0 Å². The van der Waals surface area contributed by atoms with Crippen molar-refractivity contribution in [2.24, 2.45) is 0 Å². The number of non-ortho nitro benzene ring substituents is 1. The molecule has 0 spiro atoms. The zero-order valence-corrected chi connectivity index (χ0v) is 15.1. The largest absolute Gasteiger partial charge is 0.380 e. The highest BCUT2D eigenvalue weighted by molar-refractivity contribution is 5.96. The number of benzene rings is 2. The second-order valence-corrected chi connectivity index (χ2v) is 6.64. The van der Waals surface area contributed by atoms with Gasteiger partial charge in [0, 0.05) is 48.2 Å². The molecule has 4 rings (SSSR count). The molecule has 0 atom stereocenters. The van der Waals surface area contributed by atoms with E-state index in [4.69, 9.17) is 0 Å². The number of nitrogens with one attached hydrogen (secondary N) is 1. The first kappa shape index (κ1) is 17.0. The number of fused-ring (bicyclic) bond motifs is 1. The molecule has 6 heteroatoms. The highest BCUT2D eigenvalue weighted by Crippen LogP contribution is 2.30. The number of nitro benzene ring substituents is 1. The number of nitro groups is 1. The van der Waals surface area contributed by atoms with E-state index in [0.717, 1.165) is 35.4 Å². The van der Waals surface area contributed by atoms with Gasteiger partial charge in [-0.1, -0.05) is 36.4 Å². The number of rotatable bonds is 5. The van der Waals surface area contributed by atoms with Crippen molar-refractivity contribution in [2.75, 3.05) is 23.3 Å². The SMILES string of the molecule is Cc1cc(NCc2ccc(N3CC=CC3)cc2)c2cccc([N+](=O)[O-])c2n1. The summed E-state index contributed by atoms with van der Waals surface area (Å²) in [5, 5.41) is 15.5. The van der Waals surface area contributed by atoms with E-state index in [-0.39, 0.29) is 10.6 Å². The summed E-state index contributed by atoms with van der Waals surface area (Å²) >= 11 is 0. The van der Waals surface area contributed by atoms with Gasteiger partial charge in [0.15, 0.2) is 5.52 Å². The number of hydrogen-bond acceptors (Lipinski definition) is 5. The Bertz CT molecular complexity index is 1020. The average molecular weight is 360 g/mol. The summed E-state index contributed by atoms with van der Waals surface area (Å²) in [4.78, 5) is 17.6. The average Bonchev–Trinajstić information content (AvgIpc) is 3.20. The maximum atomic E-state index is 11.3. The topological polar surface area (TPSA) is 71.3 Å². The van der Waals surface area contributed by atoms with Crippen LogP contribution in [0.4, 0.5) is 17.1 Å². The van der Waals surface area contributed by atoms with Gasteiger partial charge in [-0.25, -0.2) is 4.98 Å². The van der Waals surface area contributed by atoms with Crippen LogP contribution in [0.2, 0.25) is 0 Å². The standard InChI is InChI=1S/C21H20N4O2/c1-15-13-19(18-5-4-6-20(25(26)27)21(18)23-15)22-14-16-7-9-17(10-8-16)24-11-2-3-12-24/h2-10,13H,11-12,14H2,1H3,(H,22,23). The Labute approximate surface area is 157 Å². The number of pyridine rings is 1. The van der Waals surface area contributed by atoms with Crippen LogP contribution < -0.4 is 10.2 Å². The van der Waals surface area contributed by atoms with Crippen LogP contribution in [0.25, 0.3) is 10.9 Å². The quantitative estimate of drug-likeness (QED) is 0.414. The van der Waals surface area contributed by atoms with Gasteiger partial charge in [0.1, 0.15) is 0 Å². The van der Waals surface area contributed by atoms with Gasteiger partial charge in [-0.05, 0) is 30.7 Å². The van der Waals surface area contributed by atoms with Gasteiger partial charge in [-0.2, -0.15) is 0 Å². The molecule has 1 aliphatic rings. The number of hydrogen-bond donors (Lipinski definition) is 1. The number of aromatic nitrogens is 1. The summed E-state index contributed by atoms with van der Waals surface area (Å²) in [5.41, 5.74) is 4.42. The summed E-state index contributed by atoms with van der Waals surface area (Å²) < 4.78 is 0. The van der Waals surface area contributed by atoms with Crippen molar-refractivity contribution in [3.8, 4) is 0 Å². The van der Waals surface area contributed by atoms with E-state index < -0.39 is 0 Å². The molecule has 0 unspecified atom stereocenters. The summed E-state index contributed by atoms with van der Waals surface area (Å²) in [7, 11) is 0. The van der Waals surface area contributed by atoms with Crippen LogP contribution in [-0.2, 0) is 6.54 Å². The van der Waals surface area contributed by atoms with E-state index in [0.29, 0.717) is 12.1 Å². The second-order valence-electron chi connectivity index (χ2n) is 6.64. The van der Waals surface area contributed by atoms with E-state index in [9.17, 15) is 10.1 Å². The molecule has 0 bridgehead atoms. The molecule has 1 N–H and O–H groups in total. The molecular weight excluding hydrogens is 340 g/mol. The van der Waals surface area contributed by atoms with Crippen molar-refractivity contribution in [3.05, 3.63) is 82.1 Å². The zero-order chi connectivity index (χ0) is 18.8. The number of anilines is 2. The molecular formula is C21H20N4O2. The Hall–Kier alpha value is -3.41. The fraction of sp³-hybridized carbons (Fsp3) is 0.190. The van der Waals surface area contributed by atoms with Gasteiger partial charge in [0.05, 0.1) is 4.92 Å². The Morgan fingerprint density at radius 1 is 1.15 bits per heavy atom. The minimum Gasteiger partial charge on any atom is -0.380 e. The summed E-state index contributed by atoms with van der Waals surface area (Å²) in [5.74, 6) is 0. The zero-order valence-electron chi connectivity index (χ0n) is 15.1. The van der Waals surface area contributed by atoms with Crippen molar-refractivity contribution in [2.45, 2.75) is 13.5 Å². The number of para-hydroxylation sites is 1. The Kier molecular flexibility index (Phi) is 4.46. The molecule has 27 heavy (non-hydrogen) atoms. The smallest absolute Gasteiger partial charge is 0.295 e. The van der Waals surface area contributed by atoms with Crippen LogP contribution in [0, 0.1) is 17.0 Å². The van der Waals surface area contributed by atoms with Crippen molar-refractivity contribution in [3.63, 3.8) is 0 Å². The third-order valence-electron chi connectivity index (χ3n) is 4.75. The number of aryl methyl sites for hydroxylation is 1. The van der Waals surface area contributed by atoms with Crippen LogP contribution in [-0.4, -0.2) is 23.0 Å². The summed E-state index contributed by atoms with van der Waals surface area (Å²) in [6.45, 7) is 4.40. The highest BCUT2D eigenvalue weighted by atomic mass is 16.6. The number of nitrogens with zero attached hydrogens (tertiary/aromatic N) is 3. The molecule has 0 aliphatic carbocycles. The van der Waals surface area contributed by atoms with Crippen molar-refractivity contribution in [1.29, 1.82) is 0 Å². The normalized spacial score (nSPS) is 13.3. The van der Waals surface area contributed by atoms with Gasteiger partial charge in [0.25, 0.3) is 5.69 Å². The van der Waals surface area contributed by atoms with Crippen molar-refractivity contribution < 1.29 is 4.92 Å². The third kappa shape index (κ3) is 3.46. The second kappa shape index (κ2) is 7.07. The summed E-state index contributed by atoms with van der Waals surface area (Å²) in [6.07, 6.45) is 4.34. The lowest BCUT2D eigenvalue weighted by Crippen LogP contribution is -2.18. The molecule has 2 aromatic carbocycles. The first-order valence-electron chi connectivity index (χ1n) is 8.89. The Morgan fingerprint density at radius 3 is 2.59 bits per heavy atom. The summed E-state index contributed by atoms with van der Waals surface area (Å²) in [6, 6.07) is 15.5. The van der Waals surface area contributed by atoms with E-state index in [1.807, 2.05) is 19.1 Å². The van der Waals surface area contributed by atoms with E-state index in [1.54, 1.807) is 6.07 Å². The van der Waals surface area contributed by atoms with E-state index in [1.165, 1.54) is 11.8 Å². The van der Waals surface area contributed by atoms with Crippen LogP contribution in [0.5, 0.6) is 0 Å². The van der Waals surface area contributed by atoms with Gasteiger partial charge in [0.2, 0.25) is 0 Å². The lowest BCUT2D eigenvalue weighted by Gasteiger charge is -2.18. The molecule has 3 aromatic rings. The molecule has 0 amide bonds. The lowest BCUT2D eigenvalue weighted by atomic mass is 10.1. The Balaban J connectivity index is 1.57. The van der Waals surface area contributed by atoms with Crippen LogP contribution >= 0.6 is 0 Å². The minimum atomic E-state index is -0.384. The van der Waals surface area contributed by atoms with Gasteiger partial charge >= 0.3 is 0 Å². The lowest BCUT2D eigenvalue weighted by molar-refractivity contribution is -0.383. The maximum absolute atomic E-state index is 11.3. The minimum absolute atomic E-state index is 0.0304. The van der Waals surface area contributed by atoms with E-state index in [2.05, 4.69) is 51.6 Å². The predicted molar refractivity (Wildman–Crippen MR) is 108 cm³/mol. The third-order valence-corrected chi connectivity index (χ3v) is 4.75. The van der Waals surface area contributed by atoms with Crippen LogP contribution in [0.15, 0.2) is 60.7 Å². The Morgan fingerprint density at radius 2 is 1.89 bits per heavy atom. The molecule has 1 aromatic heterocycles. The molecule has 2 heterocycles. The monoisotopic (exact) mass is 360 g/mol.